The number of benzene rings is 1. The number of hydrogen-bond acceptors (Lipinski definition) is 2. The minimum Gasteiger partial charge on any atom is -0.313 e. The van der Waals surface area contributed by atoms with E-state index in [1.165, 1.54) is 12.1 Å². The largest absolute Gasteiger partial charge is 0.313 e. The van der Waals surface area contributed by atoms with Gasteiger partial charge in [0.15, 0.2) is 0 Å². The molecule has 3 heteroatoms. The zero-order valence-corrected chi connectivity index (χ0v) is 12.0. The molecule has 1 rings (SSSR count). The van der Waals surface area contributed by atoms with E-state index in [9.17, 15) is 4.39 Å². The van der Waals surface area contributed by atoms with Gasteiger partial charge in [-0.25, -0.2) is 4.39 Å². The van der Waals surface area contributed by atoms with Gasteiger partial charge in [-0.2, -0.15) is 5.26 Å². The SMILES string of the molecule is CC(Cc1ccc(F)cc1)NCC(C)(C)CCC#N. The van der Waals surface area contributed by atoms with E-state index in [4.69, 9.17) is 5.26 Å². The fraction of sp³-hybridized carbons (Fsp3) is 0.562. The minimum atomic E-state index is -0.193. The molecule has 1 aromatic carbocycles. The molecule has 19 heavy (non-hydrogen) atoms. The minimum absolute atomic E-state index is 0.132. The zero-order chi connectivity index (χ0) is 14.3. The second-order valence-corrected chi connectivity index (χ2v) is 5.93. The summed E-state index contributed by atoms with van der Waals surface area (Å²) in [7, 11) is 0. The van der Waals surface area contributed by atoms with Gasteiger partial charge in [-0.3, -0.25) is 0 Å². The van der Waals surface area contributed by atoms with Crippen molar-refractivity contribution in [2.24, 2.45) is 5.41 Å². The van der Waals surface area contributed by atoms with E-state index in [-0.39, 0.29) is 11.2 Å². The molecule has 0 saturated carbocycles. The standard InChI is InChI=1S/C16H23FN2/c1-13(11-14-5-7-15(17)8-6-14)19-12-16(2,3)9-4-10-18/h5-8,13,19H,4,9,11-12H2,1-3H3. The maximum Gasteiger partial charge on any atom is 0.123 e. The van der Waals surface area contributed by atoms with Crippen LogP contribution in [0.2, 0.25) is 0 Å². The number of halogens is 1. The Labute approximate surface area is 115 Å². The quantitative estimate of drug-likeness (QED) is 0.813. The Morgan fingerprint density at radius 2 is 1.95 bits per heavy atom. The van der Waals surface area contributed by atoms with Crippen LogP contribution in [0.25, 0.3) is 0 Å². The summed E-state index contributed by atoms with van der Waals surface area (Å²) < 4.78 is 12.8. The molecule has 0 aliphatic heterocycles. The van der Waals surface area contributed by atoms with Crippen molar-refractivity contribution < 1.29 is 4.39 Å². The molecule has 104 valence electrons. The molecule has 1 aromatic rings. The third-order valence-corrected chi connectivity index (χ3v) is 3.30. The maximum absolute atomic E-state index is 12.8. The highest BCUT2D eigenvalue weighted by molar-refractivity contribution is 5.17. The Bertz CT molecular complexity index is 417. The van der Waals surface area contributed by atoms with Gasteiger partial charge in [-0.05, 0) is 42.9 Å². The number of nitrogens with one attached hydrogen (secondary N) is 1. The van der Waals surface area contributed by atoms with Gasteiger partial charge in [-0.15, -0.1) is 0 Å². The van der Waals surface area contributed by atoms with Gasteiger partial charge in [0, 0.05) is 19.0 Å². The van der Waals surface area contributed by atoms with Gasteiger partial charge in [0.25, 0.3) is 0 Å². The second kappa shape index (κ2) is 7.25. The summed E-state index contributed by atoms with van der Waals surface area (Å²) >= 11 is 0. The molecule has 0 fully saturated rings. The van der Waals surface area contributed by atoms with Crippen LogP contribution in [0.1, 0.15) is 39.2 Å². The Morgan fingerprint density at radius 1 is 1.32 bits per heavy atom. The second-order valence-electron chi connectivity index (χ2n) is 5.93. The molecule has 0 bridgehead atoms. The van der Waals surface area contributed by atoms with Crippen LogP contribution in [0.3, 0.4) is 0 Å². The van der Waals surface area contributed by atoms with Crippen LogP contribution in [0.5, 0.6) is 0 Å². The van der Waals surface area contributed by atoms with Crippen molar-refractivity contribution in [2.45, 2.75) is 46.1 Å². The number of nitrogens with zero attached hydrogens (tertiary/aromatic N) is 1. The average molecular weight is 262 g/mol. The monoisotopic (exact) mass is 262 g/mol. The molecule has 0 radical (unpaired) electrons. The van der Waals surface area contributed by atoms with Crippen LogP contribution >= 0.6 is 0 Å². The van der Waals surface area contributed by atoms with Crippen LogP contribution in [-0.4, -0.2) is 12.6 Å². The molecular formula is C16H23FN2. The van der Waals surface area contributed by atoms with Crippen LogP contribution in [0.15, 0.2) is 24.3 Å². The summed E-state index contributed by atoms with van der Waals surface area (Å²) in [4.78, 5) is 0. The molecule has 0 amide bonds. The topological polar surface area (TPSA) is 35.8 Å². The van der Waals surface area contributed by atoms with E-state index in [1.807, 2.05) is 12.1 Å². The fourth-order valence-electron chi connectivity index (χ4n) is 1.98. The first-order chi connectivity index (χ1) is 8.93. The summed E-state index contributed by atoms with van der Waals surface area (Å²) in [5.41, 5.74) is 1.27. The van der Waals surface area contributed by atoms with E-state index in [2.05, 4.69) is 32.2 Å². The van der Waals surface area contributed by atoms with Gasteiger partial charge in [0.1, 0.15) is 5.82 Å². The molecule has 0 aromatic heterocycles. The van der Waals surface area contributed by atoms with Crippen LogP contribution in [0.4, 0.5) is 4.39 Å². The Hall–Kier alpha value is -1.40. The van der Waals surface area contributed by atoms with Gasteiger partial charge in [-0.1, -0.05) is 26.0 Å². The highest BCUT2D eigenvalue weighted by Crippen LogP contribution is 2.21. The summed E-state index contributed by atoms with van der Waals surface area (Å²) in [5, 5.41) is 12.1. The van der Waals surface area contributed by atoms with E-state index in [0.29, 0.717) is 12.5 Å². The smallest absolute Gasteiger partial charge is 0.123 e. The van der Waals surface area contributed by atoms with Gasteiger partial charge >= 0.3 is 0 Å². The molecule has 1 unspecified atom stereocenters. The van der Waals surface area contributed by atoms with E-state index in [1.54, 1.807) is 0 Å². The maximum atomic E-state index is 12.8. The highest BCUT2D eigenvalue weighted by atomic mass is 19.1. The van der Waals surface area contributed by atoms with Crippen LogP contribution in [0, 0.1) is 22.6 Å². The molecule has 1 N–H and O–H groups in total. The van der Waals surface area contributed by atoms with Crippen molar-refractivity contribution in [2.75, 3.05) is 6.54 Å². The predicted molar refractivity (Wildman–Crippen MR) is 76.2 cm³/mol. The first-order valence-corrected chi connectivity index (χ1v) is 6.78. The molecule has 0 aliphatic rings. The molecule has 0 saturated heterocycles. The van der Waals surface area contributed by atoms with Crippen molar-refractivity contribution in [1.29, 1.82) is 5.26 Å². The molecule has 0 heterocycles. The molecule has 2 nitrogen and oxygen atoms in total. The number of nitriles is 1. The van der Waals surface area contributed by atoms with Crippen LogP contribution < -0.4 is 5.32 Å². The first kappa shape index (κ1) is 15.7. The lowest BCUT2D eigenvalue weighted by atomic mass is 9.87. The third kappa shape index (κ3) is 6.35. The number of rotatable bonds is 7. The summed E-state index contributed by atoms with van der Waals surface area (Å²) in [6.45, 7) is 7.35. The zero-order valence-electron chi connectivity index (χ0n) is 12.0. The molecule has 0 aliphatic carbocycles. The Balaban J connectivity index is 2.37. The van der Waals surface area contributed by atoms with Crippen molar-refractivity contribution >= 4 is 0 Å². The van der Waals surface area contributed by atoms with Gasteiger partial charge < -0.3 is 5.32 Å². The third-order valence-electron chi connectivity index (χ3n) is 3.30. The fourth-order valence-corrected chi connectivity index (χ4v) is 1.98. The van der Waals surface area contributed by atoms with Crippen molar-refractivity contribution in [3.05, 3.63) is 35.6 Å². The predicted octanol–water partition coefficient (Wildman–Crippen LogP) is 3.68. The molecule has 1 atom stereocenters. The lowest BCUT2D eigenvalue weighted by Crippen LogP contribution is -2.36. The lowest BCUT2D eigenvalue weighted by molar-refractivity contribution is 0.303. The van der Waals surface area contributed by atoms with Gasteiger partial charge in [0.05, 0.1) is 6.07 Å². The van der Waals surface area contributed by atoms with Crippen LogP contribution in [-0.2, 0) is 6.42 Å². The number of hydrogen-bond donors (Lipinski definition) is 1. The van der Waals surface area contributed by atoms with Crippen molar-refractivity contribution in [3.63, 3.8) is 0 Å². The van der Waals surface area contributed by atoms with Crippen molar-refractivity contribution in [1.82, 2.24) is 5.32 Å². The highest BCUT2D eigenvalue weighted by Gasteiger charge is 2.18. The molecule has 0 spiro atoms. The van der Waals surface area contributed by atoms with Crippen molar-refractivity contribution in [3.8, 4) is 6.07 Å². The molecular weight excluding hydrogens is 239 g/mol. The summed E-state index contributed by atoms with van der Waals surface area (Å²) in [6, 6.07) is 9.19. The average Bonchev–Trinajstić information content (AvgIpc) is 2.37. The van der Waals surface area contributed by atoms with Gasteiger partial charge in [0.2, 0.25) is 0 Å². The first-order valence-electron chi connectivity index (χ1n) is 6.78. The van der Waals surface area contributed by atoms with E-state index < -0.39 is 0 Å². The lowest BCUT2D eigenvalue weighted by Gasteiger charge is -2.26. The Morgan fingerprint density at radius 3 is 2.53 bits per heavy atom. The van der Waals surface area contributed by atoms with E-state index in [0.717, 1.165) is 24.9 Å². The Kier molecular flexibility index (Phi) is 5.98. The summed E-state index contributed by atoms with van der Waals surface area (Å²) in [5.74, 6) is -0.193. The normalized spacial score (nSPS) is 13.0. The summed E-state index contributed by atoms with van der Waals surface area (Å²) in [6.07, 6.45) is 2.38. The van der Waals surface area contributed by atoms with E-state index >= 15 is 0 Å².